The monoisotopic (exact) mass is 684 g/mol. The molecule has 0 fully saturated rings. The maximum absolute atomic E-state index is 14.4. The fraction of sp³-hybridized carbons (Fsp3) is 0.316. The molecular formula is C38H41BrN2O5. The Labute approximate surface area is 279 Å². The van der Waals surface area contributed by atoms with Crippen LogP contribution in [0.3, 0.4) is 0 Å². The van der Waals surface area contributed by atoms with Crippen LogP contribution in [0, 0.1) is 0 Å². The number of rotatable bonds is 15. The average Bonchev–Trinajstić information content (AvgIpc) is 3.47. The van der Waals surface area contributed by atoms with E-state index in [1.807, 2.05) is 92.7 Å². The molecule has 0 saturated carbocycles. The molecule has 1 heterocycles. The number of carbonyl (C=O) groups is 1. The Kier molecular flexibility index (Phi) is 11.6. The predicted octanol–water partition coefficient (Wildman–Crippen LogP) is 7.31. The van der Waals surface area contributed by atoms with Gasteiger partial charge in [-0.05, 0) is 72.9 Å². The first-order chi connectivity index (χ1) is 22.4. The Balaban J connectivity index is 1.52. The summed E-state index contributed by atoms with van der Waals surface area (Å²) in [5.74, 6) is 0.873. The van der Waals surface area contributed by atoms with Crippen molar-refractivity contribution in [3.63, 3.8) is 0 Å². The summed E-state index contributed by atoms with van der Waals surface area (Å²) in [6.45, 7) is 5.50. The molecule has 1 aliphatic heterocycles. The quantitative estimate of drug-likeness (QED) is 0.128. The summed E-state index contributed by atoms with van der Waals surface area (Å²) >= 11 is 3.70. The van der Waals surface area contributed by atoms with Crippen LogP contribution in [0.25, 0.3) is 11.1 Å². The molecule has 240 valence electrons. The molecule has 2 atom stereocenters. The molecule has 46 heavy (non-hydrogen) atoms. The van der Waals surface area contributed by atoms with E-state index < -0.39 is 11.6 Å². The van der Waals surface area contributed by atoms with E-state index in [0.717, 1.165) is 32.3 Å². The van der Waals surface area contributed by atoms with Gasteiger partial charge >= 0.3 is 0 Å². The van der Waals surface area contributed by atoms with Gasteiger partial charge in [0, 0.05) is 42.6 Å². The molecule has 8 heteroatoms. The summed E-state index contributed by atoms with van der Waals surface area (Å²) in [7, 11) is 0. The number of hydrogen-bond acceptors (Lipinski definition) is 6. The first-order valence-electron chi connectivity index (χ1n) is 15.8. The summed E-state index contributed by atoms with van der Waals surface area (Å²) in [6, 6.07) is 33.8. The highest BCUT2D eigenvalue weighted by molar-refractivity contribution is 9.10. The van der Waals surface area contributed by atoms with Crippen molar-refractivity contribution in [3.8, 4) is 16.9 Å². The zero-order valence-electron chi connectivity index (χ0n) is 26.3. The van der Waals surface area contributed by atoms with E-state index in [4.69, 9.17) is 24.3 Å². The molecule has 7 nitrogen and oxygen atoms in total. The number of nitrogens with one attached hydrogen (secondary N) is 1. The maximum atomic E-state index is 14.4. The van der Waals surface area contributed by atoms with Gasteiger partial charge in [-0.15, -0.1) is 0 Å². The summed E-state index contributed by atoms with van der Waals surface area (Å²) < 4.78 is 19.0. The van der Waals surface area contributed by atoms with Crippen molar-refractivity contribution in [2.45, 2.75) is 50.9 Å². The van der Waals surface area contributed by atoms with Gasteiger partial charge in [-0.1, -0.05) is 88.7 Å². The third-order valence-corrected chi connectivity index (χ3v) is 8.60. The topological polar surface area (TPSA) is 89.4 Å². The summed E-state index contributed by atoms with van der Waals surface area (Å²) in [4.78, 5) is 19.6. The molecule has 4 aromatic rings. The first kappa shape index (κ1) is 33.4. The van der Waals surface area contributed by atoms with Gasteiger partial charge in [-0.3, -0.25) is 4.79 Å². The molecule has 0 spiro atoms. The molecule has 0 bridgehead atoms. The number of nitrogens with zero attached hydrogens (tertiary/aromatic N) is 1. The van der Waals surface area contributed by atoms with Crippen molar-refractivity contribution < 1.29 is 24.1 Å². The van der Waals surface area contributed by atoms with E-state index in [0.29, 0.717) is 50.7 Å². The molecule has 2 N–H and O–H groups in total. The van der Waals surface area contributed by atoms with Crippen LogP contribution >= 0.6 is 15.9 Å². The summed E-state index contributed by atoms with van der Waals surface area (Å²) in [5.41, 5.74) is 3.45. The van der Waals surface area contributed by atoms with Gasteiger partial charge in [0.05, 0.1) is 12.7 Å². The molecule has 0 unspecified atom stereocenters. The highest BCUT2D eigenvalue weighted by Gasteiger charge is 2.53. The van der Waals surface area contributed by atoms with Crippen LogP contribution in [0.5, 0.6) is 5.75 Å². The summed E-state index contributed by atoms with van der Waals surface area (Å²) in [5, 5.41) is 12.3. The Bertz CT molecular complexity index is 1590. The van der Waals surface area contributed by atoms with Crippen LogP contribution in [0.2, 0.25) is 0 Å². The molecule has 5 rings (SSSR count). The normalized spacial score (nSPS) is 17.4. The molecule has 0 saturated heterocycles. The third kappa shape index (κ3) is 8.23. The Morgan fingerprint density at radius 3 is 2.26 bits per heavy atom. The van der Waals surface area contributed by atoms with Gasteiger partial charge < -0.3 is 24.6 Å². The van der Waals surface area contributed by atoms with Crippen LogP contribution < -0.4 is 10.1 Å². The van der Waals surface area contributed by atoms with E-state index >= 15 is 0 Å². The second kappa shape index (κ2) is 16.0. The molecule has 4 aromatic carbocycles. The highest BCUT2D eigenvalue weighted by atomic mass is 79.9. The lowest BCUT2D eigenvalue weighted by Crippen LogP contribution is -2.50. The Morgan fingerprint density at radius 2 is 1.57 bits per heavy atom. The van der Waals surface area contributed by atoms with Gasteiger partial charge in [0.15, 0.2) is 11.6 Å². The minimum absolute atomic E-state index is 0.0723. The van der Waals surface area contributed by atoms with Crippen molar-refractivity contribution in [1.29, 1.82) is 0 Å². The molecule has 1 aliphatic rings. The molecular weight excluding hydrogens is 644 g/mol. The van der Waals surface area contributed by atoms with Crippen LogP contribution in [0.4, 0.5) is 0 Å². The van der Waals surface area contributed by atoms with Gasteiger partial charge in [0.2, 0.25) is 5.90 Å². The third-order valence-electron chi connectivity index (χ3n) is 7.83. The minimum atomic E-state index is -1.29. The number of halogens is 1. The molecule has 0 aliphatic carbocycles. The fourth-order valence-corrected chi connectivity index (χ4v) is 5.87. The fourth-order valence-electron chi connectivity index (χ4n) is 5.44. The molecule has 1 amide bonds. The van der Waals surface area contributed by atoms with E-state index in [1.165, 1.54) is 0 Å². The number of aliphatic hydroxyl groups is 1. The number of benzene rings is 4. The number of carbonyl (C=O) groups excluding carboxylic acids is 1. The van der Waals surface area contributed by atoms with E-state index in [9.17, 15) is 4.79 Å². The predicted molar refractivity (Wildman–Crippen MR) is 185 cm³/mol. The zero-order valence-corrected chi connectivity index (χ0v) is 27.9. The average molecular weight is 686 g/mol. The smallest absolute Gasteiger partial charge is 0.252 e. The number of aliphatic hydroxyl groups excluding tert-OH is 1. The second-order valence-corrected chi connectivity index (χ2v) is 12.4. The summed E-state index contributed by atoms with van der Waals surface area (Å²) in [6.07, 6.45) is 0.994. The number of ether oxygens (including phenoxy) is 3. The Morgan fingerprint density at radius 1 is 0.891 bits per heavy atom. The van der Waals surface area contributed by atoms with Crippen molar-refractivity contribution in [2.75, 3.05) is 26.4 Å². The van der Waals surface area contributed by atoms with Crippen molar-refractivity contribution in [3.05, 3.63) is 124 Å². The van der Waals surface area contributed by atoms with Crippen LogP contribution in [-0.4, -0.2) is 54.9 Å². The SMILES string of the molecule is CC(C)OCCCNC(=O)[C@]1(Cc2ccccc2Br)N=C(c2ccc(OCCCO)cc2)O[C@@H]1c1ccc(-c2ccccc2)cc1. The zero-order chi connectivity index (χ0) is 32.4. The largest absolute Gasteiger partial charge is 0.494 e. The van der Waals surface area contributed by atoms with Crippen molar-refractivity contribution in [1.82, 2.24) is 5.32 Å². The minimum Gasteiger partial charge on any atom is -0.494 e. The van der Waals surface area contributed by atoms with Crippen molar-refractivity contribution in [2.24, 2.45) is 4.99 Å². The van der Waals surface area contributed by atoms with Gasteiger partial charge in [0.25, 0.3) is 5.91 Å². The highest BCUT2D eigenvalue weighted by Crippen LogP contribution is 2.43. The van der Waals surface area contributed by atoms with E-state index in [1.54, 1.807) is 0 Å². The van der Waals surface area contributed by atoms with Crippen LogP contribution in [0.1, 0.15) is 49.5 Å². The van der Waals surface area contributed by atoms with Gasteiger partial charge in [-0.2, -0.15) is 0 Å². The molecule has 0 radical (unpaired) electrons. The van der Waals surface area contributed by atoms with Crippen LogP contribution in [0.15, 0.2) is 113 Å². The lowest BCUT2D eigenvalue weighted by atomic mass is 9.81. The Hall–Kier alpha value is -3.98. The lowest BCUT2D eigenvalue weighted by Gasteiger charge is -2.31. The number of hydrogen-bond donors (Lipinski definition) is 2. The number of amides is 1. The van der Waals surface area contributed by atoms with E-state index in [2.05, 4.69) is 45.5 Å². The standard InChI is InChI=1S/C38H41BrN2O5/c1-27(2)44-24-8-22-40-37(43)38(26-32-12-6-7-13-34(32)39)35(30-16-14-29(15-17-30)28-10-4-3-5-11-28)46-36(41-38)31-18-20-33(21-19-31)45-25-9-23-42/h3-7,10-21,27,35,42H,8-9,22-26H2,1-2H3,(H,40,43)/t35-,38-/m1/s1. The number of aliphatic imine (C=N–C) groups is 1. The molecule has 0 aromatic heterocycles. The van der Waals surface area contributed by atoms with Gasteiger partial charge in [0.1, 0.15) is 5.75 Å². The lowest BCUT2D eigenvalue weighted by molar-refractivity contribution is -0.129. The maximum Gasteiger partial charge on any atom is 0.252 e. The van der Waals surface area contributed by atoms with Crippen molar-refractivity contribution >= 4 is 27.7 Å². The van der Waals surface area contributed by atoms with Crippen LogP contribution in [-0.2, 0) is 20.7 Å². The first-order valence-corrected chi connectivity index (χ1v) is 16.6. The van der Waals surface area contributed by atoms with Gasteiger partial charge in [-0.25, -0.2) is 4.99 Å². The van der Waals surface area contributed by atoms with E-state index in [-0.39, 0.29) is 18.6 Å². The second-order valence-electron chi connectivity index (χ2n) is 11.6.